The van der Waals surface area contributed by atoms with Crippen molar-refractivity contribution in [2.24, 2.45) is 5.41 Å². The van der Waals surface area contributed by atoms with Crippen molar-refractivity contribution in [3.8, 4) is 17.1 Å². The lowest BCUT2D eigenvalue weighted by molar-refractivity contribution is 0.0910. The molecule has 5 rings (SSSR count). The summed E-state index contributed by atoms with van der Waals surface area (Å²) in [6.45, 7) is 4.44. The quantitative estimate of drug-likeness (QED) is 0.439. The Balaban J connectivity index is 1.44. The van der Waals surface area contributed by atoms with Crippen LogP contribution in [0.25, 0.3) is 17.1 Å². The number of aromatic nitrogens is 3. The van der Waals surface area contributed by atoms with Crippen LogP contribution in [0.5, 0.6) is 0 Å². The van der Waals surface area contributed by atoms with Gasteiger partial charge in [0.2, 0.25) is 0 Å². The van der Waals surface area contributed by atoms with E-state index in [1.54, 1.807) is 28.9 Å². The Morgan fingerprint density at radius 2 is 1.77 bits per heavy atom. The second kappa shape index (κ2) is 8.91. The minimum absolute atomic E-state index is 0.0816. The monoisotopic (exact) mass is 468 g/mol. The number of carbonyl (C=O) groups is 2. The molecule has 2 heterocycles. The summed E-state index contributed by atoms with van der Waals surface area (Å²) in [6.07, 6.45) is 2.66. The number of nitrogens with zero attached hydrogens (tertiary/aromatic N) is 3. The maximum absolute atomic E-state index is 13.1. The third kappa shape index (κ3) is 4.62. The van der Waals surface area contributed by atoms with Crippen molar-refractivity contribution in [1.82, 2.24) is 20.1 Å². The van der Waals surface area contributed by atoms with Crippen molar-refractivity contribution in [1.29, 1.82) is 0 Å². The Labute approximate surface area is 202 Å². The Hall–Kier alpha value is -4.13. The molecule has 1 amide bonds. The van der Waals surface area contributed by atoms with Gasteiger partial charge in [-0.25, -0.2) is 14.1 Å². The second-order valence-corrected chi connectivity index (χ2v) is 9.60. The average molecular weight is 469 g/mol. The van der Waals surface area contributed by atoms with Gasteiger partial charge in [-0.2, -0.15) is 5.10 Å². The Morgan fingerprint density at radius 3 is 2.46 bits per heavy atom. The number of benzene rings is 2. The summed E-state index contributed by atoms with van der Waals surface area (Å²) < 4.78 is 14.8. The number of amides is 1. The van der Waals surface area contributed by atoms with Crippen LogP contribution in [-0.2, 0) is 13.0 Å². The van der Waals surface area contributed by atoms with Crippen LogP contribution in [0.15, 0.2) is 72.9 Å². The number of hydrogen-bond acceptors (Lipinski definition) is 4. The number of fused-ring (bicyclic) bond motifs is 1. The highest BCUT2D eigenvalue weighted by molar-refractivity contribution is 6.04. The van der Waals surface area contributed by atoms with Gasteiger partial charge in [-0.1, -0.05) is 56.3 Å². The summed E-state index contributed by atoms with van der Waals surface area (Å²) in [7, 11) is 0. The van der Waals surface area contributed by atoms with Crippen molar-refractivity contribution in [3.05, 3.63) is 101 Å². The van der Waals surface area contributed by atoms with E-state index in [0.29, 0.717) is 35.5 Å². The third-order valence-electron chi connectivity index (χ3n) is 6.19. The molecule has 176 valence electrons. The topological polar surface area (TPSA) is 76.9 Å². The number of rotatable bonds is 5. The predicted molar refractivity (Wildman–Crippen MR) is 131 cm³/mol. The fraction of sp³-hybridized carbons (Fsp3) is 0.214. The van der Waals surface area contributed by atoms with Crippen molar-refractivity contribution in [2.75, 3.05) is 0 Å². The summed E-state index contributed by atoms with van der Waals surface area (Å²) >= 11 is 0. The van der Waals surface area contributed by atoms with Crippen molar-refractivity contribution < 1.29 is 14.0 Å². The maximum atomic E-state index is 13.1. The zero-order valence-electron chi connectivity index (χ0n) is 19.6. The van der Waals surface area contributed by atoms with Crippen molar-refractivity contribution >= 4 is 11.7 Å². The van der Waals surface area contributed by atoms with Gasteiger partial charge < -0.3 is 5.32 Å². The lowest BCUT2D eigenvalue weighted by atomic mass is 9.75. The van der Waals surface area contributed by atoms with Crippen LogP contribution in [0.4, 0.5) is 4.39 Å². The normalized spacial score (nSPS) is 14.4. The van der Waals surface area contributed by atoms with Crippen molar-refractivity contribution in [2.45, 2.75) is 33.2 Å². The first-order chi connectivity index (χ1) is 16.8. The standard InChI is InChI=1S/C28H25FN4O2/c1-28(2)14-22-25(23(34)15-28)26(19-6-4-3-5-7-19)32-33(22)24-13-10-20(17-30-24)27(35)31-16-18-8-11-21(29)12-9-18/h3-13,17H,14-16H2,1-2H3,(H,31,35). The van der Waals surface area contributed by atoms with Gasteiger partial charge in [0.15, 0.2) is 11.6 Å². The van der Waals surface area contributed by atoms with E-state index >= 15 is 0 Å². The molecule has 0 bridgehead atoms. The fourth-order valence-electron chi connectivity index (χ4n) is 4.47. The molecule has 0 fully saturated rings. The largest absolute Gasteiger partial charge is 0.348 e. The van der Waals surface area contributed by atoms with Gasteiger partial charge >= 0.3 is 0 Å². The number of ketones is 1. The van der Waals surface area contributed by atoms with Gasteiger partial charge in [0.05, 0.1) is 16.8 Å². The highest BCUT2D eigenvalue weighted by atomic mass is 19.1. The molecule has 0 unspecified atom stereocenters. The summed E-state index contributed by atoms with van der Waals surface area (Å²) in [5.41, 5.74) is 4.04. The predicted octanol–water partition coefficient (Wildman–Crippen LogP) is 5.16. The molecule has 1 aliphatic carbocycles. The molecule has 0 atom stereocenters. The fourth-order valence-corrected chi connectivity index (χ4v) is 4.47. The number of hydrogen-bond donors (Lipinski definition) is 1. The van der Waals surface area contributed by atoms with Crippen molar-refractivity contribution in [3.63, 3.8) is 0 Å². The third-order valence-corrected chi connectivity index (χ3v) is 6.19. The molecule has 6 nitrogen and oxygen atoms in total. The van der Waals surface area contributed by atoms with E-state index in [4.69, 9.17) is 5.10 Å². The summed E-state index contributed by atoms with van der Waals surface area (Å²) in [6, 6.07) is 19.1. The number of nitrogens with one attached hydrogen (secondary N) is 1. The van der Waals surface area contributed by atoms with E-state index in [-0.39, 0.29) is 29.5 Å². The second-order valence-electron chi connectivity index (χ2n) is 9.60. The number of Topliss-reactive ketones (excluding diaryl/α,β-unsaturated/α-hetero) is 1. The molecule has 0 saturated heterocycles. The van der Waals surface area contributed by atoms with E-state index < -0.39 is 0 Å². The molecular formula is C28H25FN4O2. The molecule has 2 aromatic carbocycles. The summed E-state index contributed by atoms with van der Waals surface area (Å²) in [4.78, 5) is 30.2. The zero-order chi connectivity index (χ0) is 24.6. The average Bonchev–Trinajstić information content (AvgIpc) is 3.23. The van der Waals surface area contributed by atoms with E-state index in [1.807, 2.05) is 30.3 Å². The van der Waals surface area contributed by atoms with Gasteiger partial charge in [-0.3, -0.25) is 9.59 Å². The molecule has 0 aliphatic heterocycles. The first-order valence-electron chi connectivity index (χ1n) is 11.5. The highest BCUT2D eigenvalue weighted by Gasteiger charge is 2.37. The molecule has 4 aromatic rings. The van der Waals surface area contributed by atoms with Crippen LogP contribution in [0, 0.1) is 11.2 Å². The van der Waals surface area contributed by atoms with Crippen LogP contribution >= 0.6 is 0 Å². The first kappa shape index (κ1) is 22.7. The minimum atomic E-state index is -0.318. The van der Waals surface area contributed by atoms with Gasteiger partial charge in [-0.05, 0) is 41.7 Å². The number of halogens is 1. The summed E-state index contributed by atoms with van der Waals surface area (Å²) in [5.74, 6) is 0.0282. The van der Waals surface area contributed by atoms with Gasteiger partial charge in [-0.15, -0.1) is 0 Å². The highest BCUT2D eigenvalue weighted by Crippen LogP contribution is 2.39. The molecule has 35 heavy (non-hydrogen) atoms. The molecule has 1 aliphatic rings. The SMILES string of the molecule is CC1(C)CC(=O)c2c(-c3ccccc3)nn(-c3ccc(C(=O)NCc4ccc(F)cc4)cn3)c2C1. The molecule has 7 heteroatoms. The lowest BCUT2D eigenvalue weighted by Crippen LogP contribution is -2.28. The number of carbonyl (C=O) groups excluding carboxylic acids is 2. The molecule has 0 spiro atoms. The number of pyridine rings is 1. The van der Waals surface area contributed by atoms with Gasteiger partial charge in [0.25, 0.3) is 5.91 Å². The molecule has 1 N–H and O–H groups in total. The molecule has 0 radical (unpaired) electrons. The molecule has 2 aromatic heterocycles. The van der Waals surface area contributed by atoms with E-state index in [9.17, 15) is 14.0 Å². The van der Waals surface area contributed by atoms with Crippen LogP contribution in [-0.4, -0.2) is 26.5 Å². The Morgan fingerprint density at radius 1 is 1.03 bits per heavy atom. The van der Waals surface area contributed by atoms with Gasteiger partial charge in [0, 0.05) is 24.7 Å². The van der Waals surface area contributed by atoms with Crippen LogP contribution in [0.1, 0.15) is 52.2 Å². The smallest absolute Gasteiger partial charge is 0.253 e. The zero-order valence-corrected chi connectivity index (χ0v) is 19.6. The van der Waals surface area contributed by atoms with Crippen LogP contribution in [0.2, 0.25) is 0 Å². The first-order valence-corrected chi connectivity index (χ1v) is 11.5. The van der Waals surface area contributed by atoms with Gasteiger partial charge in [0.1, 0.15) is 11.5 Å². The van der Waals surface area contributed by atoms with Crippen LogP contribution < -0.4 is 5.32 Å². The lowest BCUT2D eigenvalue weighted by Gasteiger charge is -2.29. The minimum Gasteiger partial charge on any atom is -0.348 e. The molecular weight excluding hydrogens is 443 g/mol. The summed E-state index contributed by atoms with van der Waals surface area (Å²) in [5, 5.41) is 7.63. The van der Waals surface area contributed by atoms with E-state index in [2.05, 4.69) is 24.1 Å². The maximum Gasteiger partial charge on any atom is 0.253 e. The van der Waals surface area contributed by atoms with E-state index in [1.165, 1.54) is 18.3 Å². The Bertz CT molecular complexity index is 1390. The van der Waals surface area contributed by atoms with E-state index in [0.717, 1.165) is 16.8 Å². The Kier molecular flexibility index (Phi) is 5.76. The van der Waals surface area contributed by atoms with Crippen LogP contribution in [0.3, 0.4) is 0 Å². The molecule has 0 saturated carbocycles.